The maximum atomic E-state index is 12.6. The van der Waals surface area contributed by atoms with E-state index in [2.05, 4.69) is 0 Å². The Hall–Kier alpha value is -4.36. The summed E-state index contributed by atoms with van der Waals surface area (Å²) in [5.74, 6) is -4.53. The number of carbonyl (C=O) groups excluding carboxylic acids is 4. The molecule has 0 N–H and O–H groups in total. The Labute approximate surface area is 268 Å². The van der Waals surface area contributed by atoms with Gasteiger partial charge in [0.2, 0.25) is 0 Å². The van der Waals surface area contributed by atoms with E-state index in [4.69, 9.17) is 9.47 Å². The maximum absolute atomic E-state index is 12.6. The van der Waals surface area contributed by atoms with Gasteiger partial charge in [-0.25, -0.2) is 4.79 Å². The van der Waals surface area contributed by atoms with Crippen LogP contribution in [0.2, 0.25) is 0 Å². The van der Waals surface area contributed by atoms with Crippen LogP contribution in [0.5, 0.6) is 0 Å². The SMILES string of the molecule is CCOC(=O)C=Cc1ccc2c(c1)CN(C(=O)C(F)(F)F)CC2.CCOC(=O)CC(C)c1ccc2c(c1)CN(C(=O)C(F)(F)F)CC2. The van der Waals surface area contributed by atoms with Gasteiger partial charge < -0.3 is 19.3 Å². The maximum Gasteiger partial charge on any atom is 0.471 e. The molecule has 2 heterocycles. The van der Waals surface area contributed by atoms with E-state index < -0.39 is 30.1 Å². The second-order valence-electron chi connectivity index (χ2n) is 11.0. The van der Waals surface area contributed by atoms with E-state index in [1.165, 1.54) is 12.2 Å². The summed E-state index contributed by atoms with van der Waals surface area (Å²) in [5.41, 5.74) is 4.71. The Morgan fingerprint density at radius 3 is 1.79 bits per heavy atom. The van der Waals surface area contributed by atoms with Gasteiger partial charge in [0.15, 0.2) is 0 Å². The van der Waals surface area contributed by atoms with E-state index in [1.54, 1.807) is 38.1 Å². The summed E-state index contributed by atoms with van der Waals surface area (Å²) < 4.78 is 85.0. The van der Waals surface area contributed by atoms with Gasteiger partial charge in [-0.05, 0) is 78.1 Å². The fraction of sp³-hybridized carbons (Fsp3) is 0.455. The number of rotatable bonds is 7. The summed E-state index contributed by atoms with van der Waals surface area (Å²) in [6, 6.07) is 10.8. The average Bonchev–Trinajstić information content (AvgIpc) is 3.01. The summed E-state index contributed by atoms with van der Waals surface area (Å²) in [6.07, 6.45) is -5.96. The van der Waals surface area contributed by atoms with Gasteiger partial charge in [0.1, 0.15) is 0 Å². The molecular weight excluding hydrogens is 634 g/mol. The molecule has 0 spiro atoms. The molecule has 8 nitrogen and oxygen atoms in total. The van der Waals surface area contributed by atoms with Crippen molar-refractivity contribution >= 4 is 29.8 Å². The highest BCUT2D eigenvalue weighted by Crippen LogP contribution is 2.29. The van der Waals surface area contributed by atoms with Crippen LogP contribution in [-0.2, 0) is 54.6 Å². The number of carbonyl (C=O) groups is 4. The van der Waals surface area contributed by atoms with Crippen LogP contribution in [0.3, 0.4) is 0 Å². The van der Waals surface area contributed by atoms with Gasteiger partial charge >= 0.3 is 36.1 Å². The lowest BCUT2D eigenvalue weighted by atomic mass is 9.91. The molecule has 0 saturated heterocycles. The second kappa shape index (κ2) is 16.0. The van der Waals surface area contributed by atoms with Crippen LogP contribution in [0.1, 0.15) is 66.5 Å². The normalized spacial score (nSPS) is 15.2. The monoisotopic (exact) mass is 670 g/mol. The minimum atomic E-state index is -4.86. The van der Waals surface area contributed by atoms with E-state index >= 15 is 0 Å². The van der Waals surface area contributed by atoms with E-state index in [0.717, 1.165) is 26.5 Å². The number of esters is 2. The number of halogens is 6. The number of nitrogens with zero attached hydrogens (tertiary/aromatic N) is 2. The third-order valence-electron chi connectivity index (χ3n) is 7.59. The van der Waals surface area contributed by atoms with Gasteiger partial charge in [0.25, 0.3) is 0 Å². The van der Waals surface area contributed by atoms with E-state index in [0.29, 0.717) is 36.1 Å². The van der Waals surface area contributed by atoms with Crippen molar-refractivity contribution in [2.24, 2.45) is 0 Å². The van der Waals surface area contributed by atoms with Gasteiger partial charge in [-0.3, -0.25) is 14.4 Å². The lowest BCUT2D eigenvalue weighted by Gasteiger charge is -2.30. The molecule has 0 aliphatic carbocycles. The highest BCUT2D eigenvalue weighted by atomic mass is 19.4. The third kappa shape index (κ3) is 10.6. The number of hydrogen-bond acceptors (Lipinski definition) is 6. The van der Waals surface area contributed by atoms with Crippen LogP contribution in [0, 0.1) is 0 Å². The Bertz CT molecular complexity index is 1490. The molecule has 4 rings (SSSR count). The molecule has 0 bridgehead atoms. The van der Waals surface area contributed by atoms with Crippen LogP contribution in [0.25, 0.3) is 6.08 Å². The van der Waals surface area contributed by atoms with Crippen molar-refractivity contribution in [3.05, 3.63) is 75.9 Å². The van der Waals surface area contributed by atoms with Crippen molar-refractivity contribution in [1.29, 1.82) is 0 Å². The minimum Gasteiger partial charge on any atom is -0.466 e. The molecule has 0 saturated carbocycles. The molecule has 2 aliphatic heterocycles. The average molecular weight is 671 g/mol. The van der Waals surface area contributed by atoms with E-state index in [9.17, 15) is 45.5 Å². The Morgan fingerprint density at radius 1 is 0.766 bits per heavy atom. The fourth-order valence-corrected chi connectivity index (χ4v) is 5.21. The largest absolute Gasteiger partial charge is 0.471 e. The molecule has 47 heavy (non-hydrogen) atoms. The predicted molar refractivity (Wildman–Crippen MR) is 159 cm³/mol. The first-order chi connectivity index (χ1) is 22.0. The van der Waals surface area contributed by atoms with Crippen molar-refractivity contribution in [2.45, 2.75) is 71.4 Å². The number of fused-ring (bicyclic) bond motifs is 2. The van der Waals surface area contributed by atoms with E-state index in [1.807, 2.05) is 19.1 Å². The van der Waals surface area contributed by atoms with Crippen LogP contribution >= 0.6 is 0 Å². The number of ether oxygens (including phenoxy) is 2. The van der Waals surface area contributed by atoms with Crippen molar-refractivity contribution in [3.63, 3.8) is 0 Å². The molecule has 256 valence electrons. The summed E-state index contributed by atoms with van der Waals surface area (Å²) in [6.45, 7) is 5.81. The molecule has 0 aromatic heterocycles. The molecule has 1 unspecified atom stereocenters. The molecular formula is C33H36F6N2O6. The Kier molecular flexibility index (Phi) is 12.6. The summed E-state index contributed by atoms with van der Waals surface area (Å²) >= 11 is 0. The second-order valence-corrected chi connectivity index (χ2v) is 11.0. The smallest absolute Gasteiger partial charge is 0.466 e. The van der Waals surface area contributed by atoms with Crippen molar-refractivity contribution in [3.8, 4) is 0 Å². The molecule has 2 aromatic rings. The Balaban J connectivity index is 0.000000256. The zero-order valence-corrected chi connectivity index (χ0v) is 26.2. The highest BCUT2D eigenvalue weighted by Gasteiger charge is 2.44. The topological polar surface area (TPSA) is 93.2 Å². The zero-order chi connectivity index (χ0) is 34.9. The number of amides is 2. The summed E-state index contributed by atoms with van der Waals surface area (Å²) in [4.78, 5) is 47.2. The first kappa shape index (κ1) is 37.1. The summed E-state index contributed by atoms with van der Waals surface area (Å²) in [7, 11) is 0. The van der Waals surface area contributed by atoms with Gasteiger partial charge in [-0.2, -0.15) is 26.3 Å². The predicted octanol–water partition coefficient (Wildman–Crippen LogP) is 5.90. The van der Waals surface area contributed by atoms with E-state index in [-0.39, 0.29) is 51.1 Å². The quantitative estimate of drug-likeness (QED) is 0.207. The van der Waals surface area contributed by atoms with Gasteiger partial charge in [0, 0.05) is 32.3 Å². The lowest BCUT2D eigenvalue weighted by molar-refractivity contribution is -0.186. The van der Waals surface area contributed by atoms with Crippen LogP contribution in [-0.4, -0.2) is 72.2 Å². The number of alkyl halides is 6. The lowest BCUT2D eigenvalue weighted by Crippen LogP contribution is -2.43. The Morgan fingerprint density at radius 2 is 1.28 bits per heavy atom. The molecule has 1 atom stereocenters. The third-order valence-corrected chi connectivity index (χ3v) is 7.59. The standard InChI is InChI=1S/C17H20F3NO3.C16H16F3NO3/c1-3-24-15(22)8-11(2)13-5-4-12-6-7-21(10-14(12)9-13)16(23)17(18,19)20;1-2-23-14(21)6-4-11-3-5-12-7-8-20(10-13(12)9-11)15(22)16(17,18)19/h4-5,9,11H,3,6-8,10H2,1-2H3;3-6,9H,2,7-8,10H2,1H3. The first-order valence-corrected chi connectivity index (χ1v) is 15.0. The van der Waals surface area contributed by atoms with Crippen LogP contribution in [0.4, 0.5) is 26.3 Å². The van der Waals surface area contributed by atoms with Gasteiger partial charge in [-0.1, -0.05) is 37.3 Å². The first-order valence-electron chi connectivity index (χ1n) is 15.0. The van der Waals surface area contributed by atoms with Crippen molar-refractivity contribution < 1.29 is 55.0 Å². The van der Waals surface area contributed by atoms with Crippen LogP contribution in [0.15, 0.2) is 42.5 Å². The fourth-order valence-electron chi connectivity index (χ4n) is 5.21. The van der Waals surface area contributed by atoms with Crippen molar-refractivity contribution in [2.75, 3.05) is 26.3 Å². The molecule has 2 amide bonds. The minimum absolute atomic E-state index is 0.0450. The number of hydrogen-bond donors (Lipinski definition) is 0. The molecule has 2 aromatic carbocycles. The summed E-state index contributed by atoms with van der Waals surface area (Å²) in [5, 5.41) is 0. The molecule has 0 radical (unpaired) electrons. The van der Waals surface area contributed by atoms with Gasteiger partial charge in [0.05, 0.1) is 19.6 Å². The molecule has 2 aliphatic rings. The van der Waals surface area contributed by atoms with Crippen molar-refractivity contribution in [1.82, 2.24) is 9.80 Å². The molecule has 14 heteroatoms. The molecule has 0 fully saturated rings. The number of benzene rings is 2. The van der Waals surface area contributed by atoms with Gasteiger partial charge in [-0.15, -0.1) is 0 Å². The zero-order valence-electron chi connectivity index (χ0n) is 26.2. The highest BCUT2D eigenvalue weighted by molar-refractivity contribution is 5.87. The van der Waals surface area contributed by atoms with Crippen LogP contribution < -0.4 is 0 Å².